The number of aromatic amines is 1. The molecule has 4 rings (SSSR count). The Morgan fingerprint density at radius 2 is 2.03 bits per heavy atom. The normalized spacial score (nSPS) is 16.7. The van der Waals surface area contributed by atoms with Crippen LogP contribution in [0.1, 0.15) is 27.8 Å². The number of amides is 2. The summed E-state index contributed by atoms with van der Waals surface area (Å²) in [5, 5.41) is 0.0671. The highest BCUT2D eigenvalue weighted by Gasteiger charge is 2.34. The van der Waals surface area contributed by atoms with Crippen molar-refractivity contribution in [2.45, 2.75) is 13.0 Å². The molecule has 0 saturated carbocycles. The van der Waals surface area contributed by atoms with E-state index in [4.69, 9.17) is 0 Å². The summed E-state index contributed by atoms with van der Waals surface area (Å²) in [5.41, 5.74) is 1.24. The molecule has 10 heteroatoms. The zero-order valence-electron chi connectivity index (χ0n) is 16.6. The Morgan fingerprint density at radius 3 is 2.73 bits per heavy atom. The summed E-state index contributed by atoms with van der Waals surface area (Å²) in [6, 6.07) is 4.73. The Kier molecular flexibility index (Phi) is 5.07. The Hall–Kier alpha value is -3.56. The Morgan fingerprint density at radius 1 is 1.23 bits per heavy atom. The lowest BCUT2D eigenvalue weighted by atomic mass is 9.99. The molecule has 30 heavy (non-hydrogen) atoms. The fourth-order valence-electron chi connectivity index (χ4n) is 3.76. The molecule has 3 aromatic rings. The zero-order chi connectivity index (χ0) is 21.4. The fraction of sp³-hybridized carbons (Fsp3) is 0.250. The molecule has 1 unspecified atom stereocenters. The minimum atomic E-state index is -0.790. The molecule has 1 fully saturated rings. The summed E-state index contributed by atoms with van der Waals surface area (Å²) >= 11 is 0. The van der Waals surface area contributed by atoms with E-state index in [-0.39, 0.29) is 42.5 Å². The van der Waals surface area contributed by atoms with Crippen LogP contribution >= 0.6 is 0 Å². The first-order valence-electron chi connectivity index (χ1n) is 9.56. The molecule has 8 nitrogen and oxygen atoms in total. The molecule has 3 aromatic heterocycles. The van der Waals surface area contributed by atoms with E-state index in [1.165, 1.54) is 11.1 Å². The zero-order valence-corrected chi connectivity index (χ0v) is 16.6. The van der Waals surface area contributed by atoms with E-state index >= 15 is 0 Å². The smallest absolute Gasteiger partial charge is 0.295 e. The molecule has 0 aromatic carbocycles. The van der Waals surface area contributed by atoms with Crippen molar-refractivity contribution in [2.75, 3.05) is 19.6 Å². The maximum absolute atomic E-state index is 14.3. The second-order valence-corrected chi connectivity index (χ2v) is 7.29. The van der Waals surface area contributed by atoms with Gasteiger partial charge in [0.15, 0.2) is 13.7 Å². The maximum Gasteiger partial charge on any atom is 0.295 e. The quantitative estimate of drug-likeness (QED) is 0.372. The molecule has 2 amide bonds. The molecule has 152 valence electrons. The number of nitrogens with zero attached hydrogens (tertiary/aromatic N) is 4. The van der Waals surface area contributed by atoms with Crippen molar-refractivity contribution in [3.8, 4) is 0 Å². The van der Waals surface area contributed by atoms with Gasteiger partial charge in [0, 0.05) is 49.0 Å². The molecule has 1 atom stereocenters. The Bertz CT molecular complexity index is 1150. The molecule has 1 aliphatic heterocycles. The van der Waals surface area contributed by atoms with E-state index in [1.807, 2.05) is 0 Å². The van der Waals surface area contributed by atoms with E-state index in [2.05, 4.69) is 15.0 Å². The number of hydrogen-bond acceptors (Lipinski definition) is 5. The molecule has 0 bridgehead atoms. The summed E-state index contributed by atoms with van der Waals surface area (Å²) < 4.78 is 14.3. The van der Waals surface area contributed by atoms with Gasteiger partial charge in [-0.2, -0.15) is 0 Å². The number of aromatic nitrogens is 3. The van der Waals surface area contributed by atoms with Crippen molar-refractivity contribution in [1.29, 1.82) is 0 Å². The van der Waals surface area contributed by atoms with Gasteiger partial charge in [-0.05, 0) is 19.1 Å². The number of halogens is 1. The summed E-state index contributed by atoms with van der Waals surface area (Å²) in [6.07, 6.45) is 3.93. The van der Waals surface area contributed by atoms with Crippen LogP contribution in [0.4, 0.5) is 4.39 Å². The third-order valence-corrected chi connectivity index (χ3v) is 5.35. The molecule has 0 radical (unpaired) electrons. The molecular formula is C20H19BFN5O3. The van der Waals surface area contributed by atoms with E-state index in [9.17, 15) is 18.8 Å². The standard InChI is InChI=1S/C20H19BFN5O3/c1-11-10-26(19(29)14-4-2-3-5-23-14)6-7-27(11)20(30)17(28)12-8-24-16-15(12)13(22)9-25-18(16)21/h2-5,8-9,11,24H,6-7,10,21H2,1H3. The first-order valence-corrected chi connectivity index (χ1v) is 9.56. The summed E-state index contributed by atoms with van der Waals surface area (Å²) in [4.78, 5) is 52.2. The number of nitrogens with one attached hydrogen (secondary N) is 1. The lowest BCUT2D eigenvalue weighted by Gasteiger charge is -2.39. The van der Waals surface area contributed by atoms with Crippen molar-refractivity contribution in [3.63, 3.8) is 0 Å². The summed E-state index contributed by atoms with van der Waals surface area (Å²) in [5.74, 6) is -2.39. The third-order valence-electron chi connectivity index (χ3n) is 5.35. The highest BCUT2D eigenvalue weighted by molar-refractivity contribution is 6.46. The topological polar surface area (TPSA) is 99.3 Å². The van der Waals surface area contributed by atoms with Crippen LogP contribution in [0.2, 0.25) is 0 Å². The van der Waals surface area contributed by atoms with E-state index in [0.717, 1.165) is 6.20 Å². The number of Topliss-reactive ketones (excluding diaryl/α,β-unsaturated/α-hetero) is 1. The largest absolute Gasteiger partial charge is 0.360 e. The van der Waals surface area contributed by atoms with Crippen molar-refractivity contribution < 1.29 is 18.8 Å². The van der Waals surface area contributed by atoms with Crippen LogP contribution in [-0.2, 0) is 4.79 Å². The number of piperazine rings is 1. The van der Waals surface area contributed by atoms with Crippen molar-refractivity contribution >= 4 is 41.9 Å². The van der Waals surface area contributed by atoms with Gasteiger partial charge in [0.1, 0.15) is 5.69 Å². The minimum Gasteiger partial charge on any atom is -0.360 e. The van der Waals surface area contributed by atoms with Gasteiger partial charge >= 0.3 is 0 Å². The number of rotatable bonds is 3. The second-order valence-electron chi connectivity index (χ2n) is 7.29. The maximum atomic E-state index is 14.3. The van der Waals surface area contributed by atoms with Crippen LogP contribution in [0.5, 0.6) is 0 Å². The van der Waals surface area contributed by atoms with Crippen LogP contribution < -0.4 is 5.59 Å². The monoisotopic (exact) mass is 407 g/mol. The van der Waals surface area contributed by atoms with Crippen molar-refractivity contribution in [1.82, 2.24) is 24.8 Å². The first kappa shape index (κ1) is 19.7. The third kappa shape index (κ3) is 3.34. The predicted molar refractivity (Wildman–Crippen MR) is 110 cm³/mol. The van der Waals surface area contributed by atoms with Crippen LogP contribution in [0.25, 0.3) is 10.9 Å². The minimum absolute atomic E-state index is 0.0165. The lowest BCUT2D eigenvalue weighted by molar-refractivity contribution is -0.130. The number of hydrogen-bond donors (Lipinski definition) is 1. The predicted octanol–water partition coefficient (Wildman–Crippen LogP) is -0.0888. The SMILES string of the molecule is Bc1ncc(F)c2c(C(=O)C(=O)N3CCN(C(=O)c4ccccn4)CC3C)c[nH]c12. The number of fused-ring (bicyclic) bond motifs is 1. The first-order chi connectivity index (χ1) is 14.4. The average Bonchev–Trinajstić information content (AvgIpc) is 3.22. The van der Waals surface area contributed by atoms with Crippen molar-refractivity contribution in [3.05, 3.63) is 53.9 Å². The highest BCUT2D eigenvalue weighted by Crippen LogP contribution is 2.21. The van der Waals surface area contributed by atoms with Gasteiger partial charge in [-0.1, -0.05) is 6.07 Å². The number of carbonyl (C=O) groups is 3. The number of carbonyl (C=O) groups excluding carboxylic acids is 3. The molecule has 1 N–H and O–H groups in total. The van der Waals surface area contributed by atoms with Gasteiger partial charge in [0.05, 0.1) is 17.3 Å². The van der Waals surface area contributed by atoms with Gasteiger partial charge in [-0.3, -0.25) is 24.4 Å². The van der Waals surface area contributed by atoms with Crippen LogP contribution in [0.3, 0.4) is 0 Å². The average molecular weight is 407 g/mol. The molecule has 0 spiro atoms. The molecule has 0 aliphatic carbocycles. The number of pyridine rings is 2. The van der Waals surface area contributed by atoms with Gasteiger partial charge in [0.25, 0.3) is 17.6 Å². The van der Waals surface area contributed by atoms with E-state index in [1.54, 1.807) is 44.1 Å². The molecule has 1 saturated heterocycles. The van der Waals surface area contributed by atoms with Gasteiger partial charge in [-0.15, -0.1) is 0 Å². The van der Waals surface area contributed by atoms with Crippen LogP contribution in [0, 0.1) is 5.82 Å². The van der Waals surface area contributed by atoms with Gasteiger partial charge in [0.2, 0.25) is 0 Å². The van der Waals surface area contributed by atoms with E-state index in [0.29, 0.717) is 16.8 Å². The Balaban J connectivity index is 1.52. The van der Waals surface area contributed by atoms with Crippen LogP contribution in [0.15, 0.2) is 36.8 Å². The van der Waals surface area contributed by atoms with Crippen molar-refractivity contribution in [2.24, 2.45) is 0 Å². The molecule has 4 heterocycles. The Labute approximate surface area is 172 Å². The second kappa shape index (κ2) is 7.70. The number of ketones is 1. The van der Waals surface area contributed by atoms with Gasteiger partial charge in [-0.25, -0.2) is 4.39 Å². The number of H-pyrrole nitrogens is 1. The van der Waals surface area contributed by atoms with E-state index < -0.39 is 17.5 Å². The summed E-state index contributed by atoms with van der Waals surface area (Å²) in [6.45, 7) is 2.53. The summed E-state index contributed by atoms with van der Waals surface area (Å²) in [7, 11) is 1.69. The fourth-order valence-corrected chi connectivity index (χ4v) is 3.76. The highest BCUT2D eigenvalue weighted by atomic mass is 19.1. The molecular weight excluding hydrogens is 388 g/mol. The van der Waals surface area contributed by atoms with Crippen LogP contribution in [-0.4, -0.2) is 75.9 Å². The lowest BCUT2D eigenvalue weighted by Crippen LogP contribution is -2.56. The molecule has 1 aliphatic rings. The van der Waals surface area contributed by atoms with Gasteiger partial charge < -0.3 is 14.8 Å².